The molecule has 2 N–H and O–H groups in total. The molecule has 2 aliphatic rings. The summed E-state index contributed by atoms with van der Waals surface area (Å²) in [5.74, 6) is 4.04. The van der Waals surface area contributed by atoms with E-state index in [2.05, 4.69) is 33.4 Å². The molecular formula is C22H51N. The highest BCUT2D eigenvalue weighted by Crippen LogP contribution is 2.59. The van der Waals surface area contributed by atoms with E-state index in [9.17, 15) is 0 Å². The highest BCUT2D eigenvalue weighted by atomic mass is 14.6. The molecule has 0 spiro atoms. The lowest BCUT2D eigenvalue weighted by Crippen LogP contribution is -2.38. The summed E-state index contributed by atoms with van der Waals surface area (Å²) in [6.45, 7) is 14.0. The van der Waals surface area contributed by atoms with Crippen LogP contribution in [0.3, 0.4) is 0 Å². The zero-order valence-electron chi connectivity index (χ0n) is 16.0. The van der Waals surface area contributed by atoms with E-state index in [0.29, 0.717) is 5.41 Å². The Morgan fingerprint density at radius 1 is 1.09 bits per heavy atom. The Kier molecular flexibility index (Phi) is 17.3. The Morgan fingerprint density at radius 3 is 2.17 bits per heavy atom. The van der Waals surface area contributed by atoms with Crippen LogP contribution in [0.2, 0.25) is 0 Å². The van der Waals surface area contributed by atoms with Gasteiger partial charge in [0.25, 0.3) is 0 Å². The maximum absolute atomic E-state index is 4.50. The predicted molar refractivity (Wildman–Crippen MR) is 111 cm³/mol. The minimum atomic E-state index is 0. The molecule has 0 bridgehead atoms. The molecule has 0 radical (unpaired) electrons. The highest BCUT2D eigenvalue weighted by molar-refractivity contribution is 5.00. The van der Waals surface area contributed by atoms with Gasteiger partial charge in [-0.1, -0.05) is 88.5 Å². The van der Waals surface area contributed by atoms with Crippen LogP contribution in [0.1, 0.15) is 108 Å². The molecule has 0 heterocycles. The standard InChI is InChI=1S/C17H32.C2H6.CH5N.2CH4/c1-5-6-8-13(2)15-10-11-16-14(3)9-7-12-17(15,16)4;2*1-2;;/h13-16H,5-12H2,1-4H3;1-2H3;2H2,1H3;2*1H4. The molecule has 2 fully saturated rings. The largest absolute Gasteiger partial charge is 0.333 e. The van der Waals surface area contributed by atoms with Crippen LogP contribution in [0.15, 0.2) is 0 Å². The summed E-state index contributed by atoms with van der Waals surface area (Å²) in [4.78, 5) is 0. The maximum atomic E-state index is 4.50. The van der Waals surface area contributed by atoms with Crippen LogP contribution in [0.25, 0.3) is 0 Å². The molecule has 23 heavy (non-hydrogen) atoms. The number of hydrogen-bond donors (Lipinski definition) is 1. The van der Waals surface area contributed by atoms with Gasteiger partial charge >= 0.3 is 0 Å². The molecule has 5 unspecified atom stereocenters. The molecule has 0 aromatic rings. The van der Waals surface area contributed by atoms with E-state index in [1.807, 2.05) is 13.8 Å². The molecule has 0 saturated heterocycles. The van der Waals surface area contributed by atoms with Crippen LogP contribution in [-0.2, 0) is 0 Å². The lowest BCUT2D eigenvalue weighted by molar-refractivity contribution is 0.0348. The molecular weight excluding hydrogens is 278 g/mol. The van der Waals surface area contributed by atoms with E-state index in [-0.39, 0.29) is 14.9 Å². The topological polar surface area (TPSA) is 26.0 Å². The molecule has 2 aliphatic carbocycles. The Hall–Kier alpha value is -0.0400. The smallest absolute Gasteiger partial charge is 0.0195 e. The second kappa shape index (κ2) is 14.3. The third kappa shape index (κ3) is 6.77. The minimum Gasteiger partial charge on any atom is -0.333 e. The normalized spacial score (nSPS) is 32.6. The first-order chi connectivity index (χ1) is 10.1. The molecule has 2 saturated carbocycles. The minimum absolute atomic E-state index is 0. The van der Waals surface area contributed by atoms with Gasteiger partial charge in [-0.05, 0) is 55.4 Å². The van der Waals surface area contributed by atoms with Gasteiger partial charge in [0, 0.05) is 0 Å². The Balaban J connectivity index is -0.000000619. The van der Waals surface area contributed by atoms with Gasteiger partial charge < -0.3 is 5.73 Å². The summed E-state index contributed by atoms with van der Waals surface area (Å²) in [6.07, 6.45) is 11.8. The first kappa shape index (κ1) is 27.8. The number of fused-ring (bicyclic) bond motifs is 1. The fraction of sp³-hybridized carbons (Fsp3) is 1.00. The van der Waals surface area contributed by atoms with E-state index in [0.717, 1.165) is 23.7 Å². The number of hydrogen-bond acceptors (Lipinski definition) is 1. The summed E-state index contributed by atoms with van der Waals surface area (Å²) in [7, 11) is 1.50. The summed E-state index contributed by atoms with van der Waals surface area (Å²) in [5.41, 5.74) is 5.20. The Labute approximate surface area is 150 Å². The molecule has 144 valence electrons. The third-order valence-electron chi connectivity index (χ3n) is 6.24. The number of nitrogens with two attached hydrogens (primary N) is 1. The molecule has 0 aliphatic heterocycles. The van der Waals surface area contributed by atoms with Gasteiger partial charge in [-0.2, -0.15) is 0 Å². The second-order valence-electron chi connectivity index (χ2n) is 7.29. The van der Waals surface area contributed by atoms with Crippen LogP contribution < -0.4 is 5.73 Å². The zero-order chi connectivity index (χ0) is 16.5. The quantitative estimate of drug-likeness (QED) is 0.566. The van der Waals surface area contributed by atoms with Crippen molar-refractivity contribution in [1.29, 1.82) is 0 Å². The maximum Gasteiger partial charge on any atom is -0.0195 e. The first-order valence-electron chi connectivity index (χ1n) is 9.67. The summed E-state index contributed by atoms with van der Waals surface area (Å²) in [5, 5.41) is 0. The van der Waals surface area contributed by atoms with Crippen LogP contribution in [0.4, 0.5) is 0 Å². The average molecular weight is 330 g/mol. The van der Waals surface area contributed by atoms with Crippen molar-refractivity contribution in [3.63, 3.8) is 0 Å². The van der Waals surface area contributed by atoms with E-state index in [4.69, 9.17) is 0 Å². The van der Waals surface area contributed by atoms with E-state index >= 15 is 0 Å². The molecule has 0 aromatic carbocycles. The molecule has 5 atom stereocenters. The average Bonchev–Trinajstić information content (AvgIpc) is 2.87. The highest BCUT2D eigenvalue weighted by Gasteiger charge is 2.50. The summed E-state index contributed by atoms with van der Waals surface area (Å²) in [6, 6.07) is 0. The van der Waals surface area contributed by atoms with Gasteiger partial charge in [-0.15, -0.1) is 0 Å². The van der Waals surface area contributed by atoms with Gasteiger partial charge in [0.1, 0.15) is 0 Å². The zero-order valence-corrected chi connectivity index (χ0v) is 16.0. The van der Waals surface area contributed by atoms with Crippen molar-refractivity contribution < 1.29 is 0 Å². The molecule has 1 heteroatoms. The van der Waals surface area contributed by atoms with Crippen LogP contribution >= 0.6 is 0 Å². The second-order valence-corrected chi connectivity index (χ2v) is 7.29. The first-order valence-corrected chi connectivity index (χ1v) is 9.67. The van der Waals surface area contributed by atoms with Gasteiger partial charge in [0.15, 0.2) is 0 Å². The van der Waals surface area contributed by atoms with Crippen LogP contribution in [0.5, 0.6) is 0 Å². The fourth-order valence-electron chi connectivity index (χ4n) is 5.27. The molecule has 0 aromatic heterocycles. The van der Waals surface area contributed by atoms with Gasteiger partial charge in [-0.25, -0.2) is 0 Å². The number of rotatable bonds is 4. The van der Waals surface area contributed by atoms with E-state index < -0.39 is 0 Å². The van der Waals surface area contributed by atoms with Crippen molar-refractivity contribution >= 4 is 0 Å². The lowest BCUT2D eigenvalue weighted by Gasteiger charge is -2.46. The van der Waals surface area contributed by atoms with Gasteiger partial charge in [-0.3, -0.25) is 0 Å². The van der Waals surface area contributed by atoms with Crippen molar-refractivity contribution in [2.24, 2.45) is 34.8 Å². The van der Waals surface area contributed by atoms with Crippen LogP contribution in [-0.4, -0.2) is 7.05 Å². The molecule has 0 amide bonds. The van der Waals surface area contributed by atoms with Crippen molar-refractivity contribution in [1.82, 2.24) is 0 Å². The SMILES string of the molecule is C.C.CC.CCCCC(C)C1CCC2C(C)CCCC12C.CN. The van der Waals surface area contributed by atoms with Gasteiger partial charge in [0.05, 0.1) is 0 Å². The third-order valence-corrected chi connectivity index (χ3v) is 6.24. The van der Waals surface area contributed by atoms with E-state index in [1.165, 1.54) is 58.4 Å². The van der Waals surface area contributed by atoms with Crippen molar-refractivity contribution in [3.05, 3.63) is 0 Å². The Bertz CT molecular complexity index is 250. The summed E-state index contributed by atoms with van der Waals surface area (Å²) >= 11 is 0. The van der Waals surface area contributed by atoms with Gasteiger partial charge in [0.2, 0.25) is 0 Å². The predicted octanol–water partition coefficient (Wildman–Crippen LogP) is 7.54. The molecule has 2 rings (SSSR count). The van der Waals surface area contributed by atoms with E-state index in [1.54, 1.807) is 0 Å². The fourth-order valence-corrected chi connectivity index (χ4v) is 5.27. The summed E-state index contributed by atoms with van der Waals surface area (Å²) < 4.78 is 0. The lowest BCUT2D eigenvalue weighted by atomic mass is 9.59. The van der Waals surface area contributed by atoms with Crippen molar-refractivity contribution in [2.75, 3.05) is 7.05 Å². The van der Waals surface area contributed by atoms with Crippen LogP contribution in [0, 0.1) is 29.1 Å². The van der Waals surface area contributed by atoms with Crippen molar-refractivity contribution in [3.8, 4) is 0 Å². The Morgan fingerprint density at radius 2 is 1.65 bits per heavy atom. The molecule has 1 nitrogen and oxygen atoms in total. The number of unbranched alkanes of at least 4 members (excludes halogenated alkanes) is 1. The monoisotopic (exact) mass is 329 g/mol. The van der Waals surface area contributed by atoms with Crippen molar-refractivity contribution in [2.45, 2.75) is 108 Å².